The van der Waals surface area contributed by atoms with Crippen molar-refractivity contribution in [3.63, 3.8) is 0 Å². The number of nitrogens with one attached hydrogen (secondary N) is 1. The van der Waals surface area contributed by atoms with Crippen molar-refractivity contribution in [1.82, 2.24) is 4.98 Å². The van der Waals surface area contributed by atoms with E-state index in [9.17, 15) is 15.2 Å². The van der Waals surface area contributed by atoms with E-state index in [1.807, 2.05) is 0 Å². The highest BCUT2D eigenvalue weighted by Gasteiger charge is 2.04. The number of nitrogens with zero attached hydrogens (tertiary/aromatic N) is 3. The molecule has 0 unspecified atom stereocenters. The van der Waals surface area contributed by atoms with Gasteiger partial charge in [-0.3, -0.25) is 15.5 Å². The molecule has 0 bridgehead atoms. The topological polar surface area (TPSA) is 101 Å². The summed E-state index contributed by atoms with van der Waals surface area (Å²) in [7, 11) is 0. The van der Waals surface area contributed by atoms with E-state index in [1.165, 1.54) is 24.4 Å². The number of halogens is 1. The lowest BCUT2D eigenvalue weighted by Crippen LogP contribution is -1.95. The van der Waals surface area contributed by atoms with Crippen molar-refractivity contribution in [2.75, 3.05) is 5.43 Å². The first-order valence-corrected chi connectivity index (χ1v) is 5.82. The lowest BCUT2D eigenvalue weighted by atomic mass is 10.2. The van der Waals surface area contributed by atoms with E-state index in [4.69, 9.17) is 11.6 Å². The molecule has 1 aromatic heterocycles. The van der Waals surface area contributed by atoms with Gasteiger partial charge in [-0.2, -0.15) is 5.10 Å². The predicted octanol–water partition coefficient (Wildman–Crippen LogP) is 2.79. The molecule has 0 radical (unpaired) electrons. The zero-order valence-corrected chi connectivity index (χ0v) is 10.8. The highest BCUT2D eigenvalue weighted by molar-refractivity contribution is 6.30. The maximum absolute atomic E-state index is 10.5. The van der Waals surface area contributed by atoms with E-state index in [0.717, 1.165) is 6.20 Å². The summed E-state index contributed by atoms with van der Waals surface area (Å²) in [4.78, 5) is 13.7. The monoisotopic (exact) mass is 292 g/mol. The van der Waals surface area contributed by atoms with Crippen molar-refractivity contribution < 1.29 is 10.0 Å². The molecule has 0 atom stereocenters. The van der Waals surface area contributed by atoms with Crippen molar-refractivity contribution in [3.05, 3.63) is 57.2 Å². The van der Waals surface area contributed by atoms with Crippen LogP contribution in [0.4, 0.5) is 11.5 Å². The third-order valence-electron chi connectivity index (χ3n) is 2.33. The molecule has 1 aromatic carbocycles. The summed E-state index contributed by atoms with van der Waals surface area (Å²) < 4.78 is 0. The zero-order chi connectivity index (χ0) is 14.5. The Balaban J connectivity index is 2.06. The molecule has 2 rings (SSSR count). The second kappa shape index (κ2) is 5.98. The molecule has 0 fully saturated rings. The number of aromatic hydroxyl groups is 1. The molecular weight excluding hydrogens is 284 g/mol. The van der Waals surface area contributed by atoms with Crippen LogP contribution >= 0.6 is 11.6 Å². The van der Waals surface area contributed by atoms with Crippen LogP contribution in [0.2, 0.25) is 5.02 Å². The summed E-state index contributed by atoms with van der Waals surface area (Å²) in [5.74, 6) is 0.380. The Morgan fingerprint density at radius 2 is 2.20 bits per heavy atom. The highest BCUT2D eigenvalue weighted by atomic mass is 35.5. The summed E-state index contributed by atoms with van der Waals surface area (Å²) in [5, 5.41) is 24.3. The number of rotatable bonds is 4. The summed E-state index contributed by atoms with van der Waals surface area (Å²) >= 11 is 5.79. The highest BCUT2D eigenvalue weighted by Crippen LogP contribution is 2.19. The summed E-state index contributed by atoms with van der Waals surface area (Å²) in [5.41, 5.74) is 2.92. The minimum absolute atomic E-state index is 0.0385. The molecule has 0 aliphatic carbocycles. The maximum atomic E-state index is 10.5. The van der Waals surface area contributed by atoms with Crippen LogP contribution in [0, 0.1) is 10.1 Å². The first-order chi connectivity index (χ1) is 9.56. The van der Waals surface area contributed by atoms with Gasteiger partial charge in [-0.05, 0) is 24.3 Å². The quantitative estimate of drug-likeness (QED) is 0.512. The average molecular weight is 293 g/mol. The predicted molar refractivity (Wildman–Crippen MR) is 75.2 cm³/mol. The standard InChI is InChI=1S/C12H9ClN4O3/c13-9-1-3-11(18)8(5-9)6-15-16-12-4-2-10(7-14-12)17(19)20/h1-7,18H,(H,14,16)/b15-6-. The molecule has 20 heavy (non-hydrogen) atoms. The number of anilines is 1. The van der Waals surface area contributed by atoms with Crippen LogP contribution in [-0.2, 0) is 0 Å². The van der Waals surface area contributed by atoms with Crippen LogP contribution in [-0.4, -0.2) is 21.2 Å². The van der Waals surface area contributed by atoms with E-state index >= 15 is 0 Å². The normalized spacial score (nSPS) is 10.7. The molecule has 8 heteroatoms. The molecule has 102 valence electrons. The first kappa shape index (κ1) is 13.8. The second-order valence-electron chi connectivity index (χ2n) is 3.73. The molecule has 1 heterocycles. The molecule has 2 N–H and O–H groups in total. The SMILES string of the molecule is O=[N+]([O-])c1ccc(N/N=C\c2cc(Cl)ccc2O)nc1. The van der Waals surface area contributed by atoms with Gasteiger partial charge in [0.05, 0.1) is 11.1 Å². The van der Waals surface area contributed by atoms with Crippen molar-refractivity contribution in [1.29, 1.82) is 0 Å². The van der Waals surface area contributed by atoms with E-state index in [2.05, 4.69) is 15.5 Å². The van der Waals surface area contributed by atoms with Crippen LogP contribution in [0.3, 0.4) is 0 Å². The molecule has 0 spiro atoms. The van der Waals surface area contributed by atoms with Crippen molar-refractivity contribution in [2.45, 2.75) is 0 Å². The van der Waals surface area contributed by atoms with Gasteiger partial charge in [-0.1, -0.05) is 11.6 Å². The van der Waals surface area contributed by atoms with Gasteiger partial charge in [0.15, 0.2) is 0 Å². The van der Waals surface area contributed by atoms with Crippen LogP contribution in [0.15, 0.2) is 41.6 Å². The third-order valence-corrected chi connectivity index (χ3v) is 2.57. The number of phenols is 1. The summed E-state index contributed by atoms with van der Waals surface area (Å²) in [6, 6.07) is 7.29. The van der Waals surface area contributed by atoms with Gasteiger partial charge >= 0.3 is 0 Å². The molecule has 0 aliphatic heterocycles. The zero-order valence-electron chi connectivity index (χ0n) is 10.0. The van der Waals surface area contributed by atoms with Crippen LogP contribution in [0.25, 0.3) is 0 Å². The lowest BCUT2D eigenvalue weighted by Gasteiger charge is -2.00. The smallest absolute Gasteiger partial charge is 0.287 e. The van der Waals surface area contributed by atoms with Crippen molar-refractivity contribution in [2.24, 2.45) is 5.10 Å². The van der Waals surface area contributed by atoms with Gasteiger partial charge in [0.25, 0.3) is 5.69 Å². The van der Waals surface area contributed by atoms with E-state index in [0.29, 0.717) is 16.4 Å². The lowest BCUT2D eigenvalue weighted by molar-refractivity contribution is -0.385. The summed E-state index contributed by atoms with van der Waals surface area (Å²) in [6.07, 6.45) is 2.49. The van der Waals surface area contributed by atoms with Gasteiger partial charge in [-0.15, -0.1) is 0 Å². The average Bonchev–Trinajstić information content (AvgIpc) is 2.43. The number of hydrogen-bond acceptors (Lipinski definition) is 6. The van der Waals surface area contributed by atoms with E-state index in [-0.39, 0.29) is 11.4 Å². The summed E-state index contributed by atoms with van der Waals surface area (Å²) in [6.45, 7) is 0. The molecule has 0 amide bonds. The molecule has 0 saturated carbocycles. The number of hydrazone groups is 1. The number of hydrogen-bond donors (Lipinski definition) is 2. The number of phenolic OH excluding ortho intramolecular Hbond substituents is 1. The Hall–Kier alpha value is -2.67. The fraction of sp³-hybridized carbons (Fsp3) is 0. The Morgan fingerprint density at radius 3 is 2.85 bits per heavy atom. The first-order valence-electron chi connectivity index (χ1n) is 5.44. The van der Waals surface area contributed by atoms with Crippen LogP contribution in [0.5, 0.6) is 5.75 Å². The number of pyridine rings is 1. The van der Waals surface area contributed by atoms with Gasteiger partial charge in [0, 0.05) is 16.7 Å². The minimum Gasteiger partial charge on any atom is -0.507 e. The molecule has 0 saturated heterocycles. The van der Waals surface area contributed by atoms with Gasteiger partial charge in [0.2, 0.25) is 0 Å². The molecule has 2 aromatic rings. The molecular formula is C12H9ClN4O3. The number of nitro groups is 1. The Kier molecular flexibility index (Phi) is 4.11. The molecule has 7 nitrogen and oxygen atoms in total. The second-order valence-corrected chi connectivity index (χ2v) is 4.17. The van der Waals surface area contributed by atoms with E-state index in [1.54, 1.807) is 12.1 Å². The van der Waals surface area contributed by atoms with Crippen LogP contribution < -0.4 is 5.43 Å². The van der Waals surface area contributed by atoms with Crippen molar-refractivity contribution in [3.8, 4) is 5.75 Å². The van der Waals surface area contributed by atoms with Crippen LogP contribution in [0.1, 0.15) is 5.56 Å². The Labute approximate surface area is 118 Å². The molecule has 0 aliphatic rings. The van der Waals surface area contributed by atoms with Gasteiger partial charge < -0.3 is 5.11 Å². The van der Waals surface area contributed by atoms with E-state index < -0.39 is 4.92 Å². The number of aromatic nitrogens is 1. The fourth-order valence-electron chi connectivity index (χ4n) is 1.36. The fourth-order valence-corrected chi connectivity index (χ4v) is 1.54. The Morgan fingerprint density at radius 1 is 1.40 bits per heavy atom. The minimum atomic E-state index is -0.538. The Bertz CT molecular complexity index is 658. The maximum Gasteiger partial charge on any atom is 0.287 e. The largest absolute Gasteiger partial charge is 0.507 e. The van der Waals surface area contributed by atoms with Gasteiger partial charge in [-0.25, -0.2) is 4.98 Å². The number of benzene rings is 1. The van der Waals surface area contributed by atoms with Gasteiger partial charge in [0.1, 0.15) is 17.8 Å². The third kappa shape index (κ3) is 3.42. The van der Waals surface area contributed by atoms with Crippen molar-refractivity contribution >= 4 is 29.3 Å².